The Morgan fingerprint density at radius 1 is 1.06 bits per heavy atom. The molecular weight excluding hydrogens is 214 g/mol. The molecule has 2 aliphatic rings. The maximum Gasteiger partial charge on any atom is 0.137 e. The number of nitrogens with one attached hydrogen (secondary N) is 1. The van der Waals surface area contributed by atoms with Crippen molar-refractivity contribution >= 4 is 0 Å². The molecule has 2 atom stereocenters. The van der Waals surface area contributed by atoms with E-state index in [1.54, 1.807) is 6.33 Å². The van der Waals surface area contributed by atoms with Gasteiger partial charge in [0.25, 0.3) is 0 Å². The largest absolute Gasteiger partial charge is 0.314 e. The second kappa shape index (κ2) is 5.14. The van der Waals surface area contributed by atoms with Crippen LogP contribution < -0.4 is 5.32 Å². The van der Waals surface area contributed by atoms with Crippen molar-refractivity contribution in [2.45, 2.75) is 37.8 Å². The summed E-state index contributed by atoms with van der Waals surface area (Å²) in [6.07, 6.45) is 8.78. The number of hydrogen-bond donors (Lipinski definition) is 1. The first-order valence-corrected chi connectivity index (χ1v) is 6.74. The predicted molar refractivity (Wildman–Crippen MR) is 65.8 cm³/mol. The highest BCUT2D eigenvalue weighted by atomic mass is 15.4. The van der Waals surface area contributed by atoms with Gasteiger partial charge >= 0.3 is 0 Å². The van der Waals surface area contributed by atoms with Gasteiger partial charge < -0.3 is 5.32 Å². The molecule has 1 N–H and O–H groups in total. The third-order valence-corrected chi connectivity index (χ3v) is 4.09. The Balaban J connectivity index is 1.75. The van der Waals surface area contributed by atoms with Crippen molar-refractivity contribution < 1.29 is 0 Å². The molecule has 0 spiro atoms. The topological polar surface area (TPSA) is 46.0 Å². The molecule has 5 nitrogen and oxygen atoms in total. The van der Waals surface area contributed by atoms with E-state index in [1.165, 1.54) is 38.8 Å². The number of aromatic nitrogens is 3. The van der Waals surface area contributed by atoms with Crippen LogP contribution in [0.25, 0.3) is 0 Å². The molecule has 3 rings (SSSR count). The lowest BCUT2D eigenvalue weighted by molar-refractivity contribution is 0.0896. The Labute approximate surface area is 102 Å². The molecule has 1 aliphatic carbocycles. The number of rotatable bonds is 2. The molecule has 0 radical (unpaired) electrons. The van der Waals surface area contributed by atoms with Gasteiger partial charge in [-0.15, -0.1) is 0 Å². The minimum atomic E-state index is 0.532. The highest BCUT2D eigenvalue weighted by Gasteiger charge is 2.32. The molecule has 0 bridgehead atoms. The molecule has 5 heteroatoms. The van der Waals surface area contributed by atoms with Gasteiger partial charge in [0.2, 0.25) is 0 Å². The SMILES string of the molecule is c1ncn([C@@H]2CCCC[C@H]2N2CCNCC2)n1. The van der Waals surface area contributed by atoms with Gasteiger partial charge in [0.15, 0.2) is 0 Å². The summed E-state index contributed by atoms with van der Waals surface area (Å²) in [5.74, 6) is 0. The van der Waals surface area contributed by atoms with E-state index >= 15 is 0 Å². The molecule has 17 heavy (non-hydrogen) atoms. The van der Waals surface area contributed by atoms with Crippen LogP contribution in [0.1, 0.15) is 31.7 Å². The van der Waals surface area contributed by atoms with Gasteiger partial charge in [-0.25, -0.2) is 9.67 Å². The number of nitrogens with zero attached hydrogens (tertiary/aromatic N) is 4. The molecule has 1 aliphatic heterocycles. The van der Waals surface area contributed by atoms with E-state index in [9.17, 15) is 0 Å². The van der Waals surface area contributed by atoms with Gasteiger partial charge in [0, 0.05) is 32.2 Å². The van der Waals surface area contributed by atoms with Gasteiger partial charge in [-0.05, 0) is 12.8 Å². The summed E-state index contributed by atoms with van der Waals surface area (Å²) in [7, 11) is 0. The smallest absolute Gasteiger partial charge is 0.137 e. The third kappa shape index (κ3) is 2.35. The van der Waals surface area contributed by atoms with Crippen molar-refractivity contribution in [3.63, 3.8) is 0 Å². The zero-order valence-electron chi connectivity index (χ0n) is 10.3. The first-order chi connectivity index (χ1) is 8.45. The molecule has 94 valence electrons. The van der Waals surface area contributed by atoms with Gasteiger partial charge in [0.1, 0.15) is 12.7 Å². The summed E-state index contributed by atoms with van der Waals surface area (Å²) in [6, 6.07) is 1.19. The van der Waals surface area contributed by atoms with Crippen LogP contribution in [0.15, 0.2) is 12.7 Å². The lowest BCUT2D eigenvalue weighted by Gasteiger charge is -2.41. The molecule has 2 heterocycles. The summed E-state index contributed by atoms with van der Waals surface area (Å²) in [5.41, 5.74) is 0. The Morgan fingerprint density at radius 3 is 2.53 bits per heavy atom. The van der Waals surface area contributed by atoms with Gasteiger partial charge in [-0.1, -0.05) is 12.8 Å². The lowest BCUT2D eigenvalue weighted by Crippen LogP contribution is -2.52. The minimum Gasteiger partial charge on any atom is -0.314 e. The van der Waals surface area contributed by atoms with Crippen LogP contribution in [0.4, 0.5) is 0 Å². The fourth-order valence-corrected chi connectivity index (χ4v) is 3.23. The maximum absolute atomic E-state index is 4.35. The molecular formula is C12H21N5. The molecule has 1 aromatic rings. The van der Waals surface area contributed by atoms with Crippen LogP contribution in [0.5, 0.6) is 0 Å². The van der Waals surface area contributed by atoms with Gasteiger partial charge in [0.05, 0.1) is 6.04 Å². The summed E-state index contributed by atoms with van der Waals surface area (Å²) < 4.78 is 2.08. The predicted octanol–water partition coefficient (Wildman–Crippen LogP) is 0.667. The van der Waals surface area contributed by atoms with Crippen LogP contribution in [0.3, 0.4) is 0 Å². The van der Waals surface area contributed by atoms with Crippen LogP contribution in [0, 0.1) is 0 Å². The maximum atomic E-state index is 4.35. The highest BCUT2D eigenvalue weighted by Crippen LogP contribution is 2.31. The van der Waals surface area contributed by atoms with E-state index in [0.29, 0.717) is 12.1 Å². The summed E-state index contributed by atoms with van der Waals surface area (Å²) in [4.78, 5) is 6.74. The zero-order chi connectivity index (χ0) is 11.5. The van der Waals surface area contributed by atoms with E-state index in [1.807, 2.05) is 6.33 Å². The molecule has 0 amide bonds. The fraction of sp³-hybridized carbons (Fsp3) is 0.833. The summed E-state index contributed by atoms with van der Waals surface area (Å²) in [6.45, 7) is 4.60. The molecule has 2 fully saturated rings. The highest BCUT2D eigenvalue weighted by molar-refractivity contribution is 4.88. The van der Waals surface area contributed by atoms with Crippen molar-refractivity contribution in [2.24, 2.45) is 0 Å². The number of hydrogen-bond acceptors (Lipinski definition) is 4. The van der Waals surface area contributed by atoms with Crippen LogP contribution in [-0.2, 0) is 0 Å². The molecule has 1 aromatic heterocycles. The molecule has 1 saturated heterocycles. The Hall–Kier alpha value is -0.940. The molecule has 0 aromatic carbocycles. The second-order valence-electron chi connectivity index (χ2n) is 5.08. The van der Waals surface area contributed by atoms with Gasteiger partial charge in [-0.3, -0.25) is 4.90 Å². The van der Waals surface area contributed by atoms with Crippen molar-refractivity contribution in [2.75, 3.05) is 26.2 Å². The average molecular weight is 235 g/mol. The minimum absolute atomic E-state index is 0.532. The zero-order valence-corrected chi connectivity index (χ0v) is 10.3. The Morgan fingerprint density at radius 2 is 1.82 bits per heavy atom. The van der Waals surface area contributed by atoms with Crippen molar-refractivity contribution in [1.82, 2.24) is 25.0 Å². The lowest BCUT2D eigenvalue weighted by atomic mass is 9.89. The monoisotopic (exact) mass is 235 g/mol. The number of piperazine rings is 1. The fourth-order valence-electron chi connectivity index (χ4n) is 3.23. The van der Waals surface area contributed by atoms with Crippen molar-refractivity contribution in [3.8, 4) is 0 Å². The van der Waals surface area contributed by atoms with E-state index in [-0.39, 0.29) is 0 Å². The molecule has 1 saturated carbocycles. The third-order valence-electron chi connectivity index (χ3n) is 4.09. The first-order valence-electron chi connectivity index (χ1n) is 6.74. The van der Waals surface area contributed by atoms with Crippen LogP contribution in [0.2, 0.25) is 0 Å². The van der Waals surface area contributed by atoms with Crippen molar-refractivity contribution in [3.05, 3.63) is 12.7 Å². The summed E-state index contributed by atoms with van der Waals surface area (Å²) in [5, 5.41) is 7.78. The van der Waals surface area contributed by atoms with E-state index in [2.05, 4.69) is 25.0 Å². The second-order valence-corrected chi connectivity index (χ2v) is 5.08. The normalized spacial score (nSPS) is 31.5. The Kier molecular flexibility index (Phi) is 3.38. The van der Waals surface area contributed by atoms with Crippen LogP contribution in [-0.4, -0.2) is 51.9 Å². The first kappa shape index (κ1) is 11.2. The average Bonchev–Trinajstić information content (AvgIpc) is 2.94. The standard InChI is InChI=1S/C12H21N5/c1-2-4-12(17-10-14-9-15-17)11(3-1)16-7-5-13-6-8-16/h9-13H,1-8H2/t11-,12-/m1/s1. The Bertz CT molecular complexity index is 331. The summed E-state index contributed by atoms with van der Waals surface area (Å²) >= 11 is 0. The molecule has 0 unspecified atom stereocenters. The van der Waals surface area contributed by atoms with Crippen LogP contribution >= 0.6 is 0 Å². The van der Waals surface area contributed by atoms with Gasteiger partial charge in [-0.2, -0.15) is 5.10 Å². The van der Waals surface area contributed by atoms with E-state index in [4.69, 9.17) is 0 Å². The van der Waals surface area contributed by atoms with Crippen molar-refractivity contribution in [1.29, 1.82) is 0 Å². The van der Waals surface area contributed by atoms with E-state index in [0.717, 1.165) is 13.1 Å². The quantitative estimate of drug-likeness (QED) is 0.818. The van der Waals surface area contributed by atoms with E-state index < -0.39 is 0 Å².